The predicted octanol–water partition coefficient (Wildman–Crippen LogP) is 1.46. The van der Waals surface area contributed by atoms with Gasteiger partial charge >= 0.3 is 0 Å². The number of aliphatic hydroxyl groups excluding tert-OH is 1. The monoisotopic (exact) mass is 281 g/mol. The lowest BCUT2D eigenvalue weighted by Crippen LogP contribution is -2.28. The third kappa shape index (κ3) is 3.02. The molecule has 0 aromatic carbocycles. The van der Waals surface area contributed by atoms with Gasteiger partial charge in [-0.25, -0.2) is 4.98 Å². The topological polar surface area (TPSA) is 78.0 Å². The minimum absolute atomic E-state index is 0.0709. The van der Waals surface area contributed by atoms with E-state index < -0.39 is 0 Å². The fourth-order valence-electron chi connectivity index (χ4n) is 1.95. The molecule has 0 bridgehead atoms. The van der Waals surface area contributed by atoms with Gasteiger partial charge in [0.05, 0.1) is 11.9 Å². The van der Waals surface area contributed by atoms with Crippen LogP contribution in [0.1, 0.15) is 29.6 Å². The normalized spacial score (nSPS) is 13.1. The quantitative estimate of drug-likeness (QED) is 0.775. The van der Waals surface area contributed by atoms with Crippen LogP contribution < -0.4 is 10.9 Å². The molecule has 0 radical (unpaired) electrons. The third-order valence-corrected chi connectivity index (χ3v) is 4.37. The van der Waals surface area contributed by atoms with Crippen molar-refractivity contribution in [3.8, 4) is 0 Å². The summed E-state index contributed by atoms with van der Waals surface area (Å²) in [6, 6.07) is 0.192. The zero-order valence-corrected chi connectivity index (χ0v) is 12.2. The molecule has 0 aliphatic rings. The first-order valence-electron chi connectivity index (χ1n) is 6.36. The van der Waals surface area contributed by atoms with Crippen molar-refractivity contribution in [2.45, 2.75) is 39.8 Å². The van der Waals surface area contributed by atoms with E-state index in [0.29, 0.717) is 24.2 Å². The van der Waals surface area contributed by atoms with E-state index in [1.807, 2.05) is 20.8 Å². The number of fused-ring (bicyclic) bond motifs is 1. The highest BCUT2D eigenvalue weighted by molar-refractivity contribution is 7.18. The summed E-state index contributed by atoms with van der Waals surface area (Å²) >= 11 is 1.55. The molecule has 0 amide bonds. The number of thiophene rings is 1. The van der Waals surface area contributed by atoms with Crippen LogP contribution in [0.3, 0.4) is 0 Å². The van der Waals surface area contributed by atoms with Crippen LogP contribution >= 0.6 is 11.3 Å². The molecule has 5 nitrogen and oxygen atoms in total. The van der Waals surface area contributed by atoms with E-state index in [-0.39, 0.29) is 18.2 Å². The average Bonchev–Trinajstić information content (AvgIpc) is 2.63. The molecule has 0 fully saturated rings. The van der Waals surface area contributed by atoms with Gasteiger partial charge in [-0.1, -0.05) is 0 Å². The van der Waals surface area contributed by atoms with Crippen molar-refractivity contribution in [3.05, 3.63) is 26.6 Å². The molecule has 0 saturated heterocycles. The number of rotatable bonds is 5. The molecule has 2 aromatic rings. The number of aliphatic hydroxyl groups is 1. The Labute approximate surface area is 115 Å². The fourth-order valence-corrected chi connectivity index (χ4v) is 3.00. The van der Waals surface area contributed by atoms with Crippen molar-refractivity contribution in [2.75, 3.05) is 6.61 Å². The predicted molar refractivity (Wildman–Crippen MR) is 77.7 cm³/mol. The molecular formula is C13H19N3O2S. The van der Waals surface area contributed by atoms with Crippen LogP contribution in [0, 0.1) is 13.8 Å². The molecule has 1 atom stereocenters. The zero-order valence-electron chi connectivity index (χ0n) is 11.4. The van der Waals surface area contributed by atoms with Gasteiger partial charge in [-0.05, 0) is 32.8 Å². The molecule has 2 heterocycles. The van der Waals surface area contributed by atoms with Gasteiger partial charge < -0.3 is 15.4 Å². The third-order valence-electron chi connectivity index (χ3n) is 3.27. The maximum atomic E-state index is 12.0. The highest BCUT2D eigenvalue weighted by Crippen LogP contribution is 2.25. The van der Waals surface area contributed by atoms with Crippen molar-refractivity contribution in [2.24, 2.45) is 0 Å². The van der Waals surface area contributed by atoms with E-state index in [0.717, 1.165) is 15.3 Å². The van der Waals surface area contributed by atoms with Gasteiger partial charge in [0.2, 0.25) is 0 Å². The van der Waals surface area contributed by atoms with Crippen LogP contribution in [0.2, 0.25) is 0 Å². The number of aromatic nitrogens is 2. The van der Waals surface area contributed by atoms with Crippen molar-refractivity contribution in [1.82, 2.24) is 15.3 Å². The average molecular weight is 281 g/mol. The van der Waals surface area contributed by atoms with Gasteiger partial charge in [-0.15, -0.1) is 11.3 Å². The minimum atomic E-state index is -0.0709. The summed E-state index contributed by atoms with van der Waals surface area (Å²) in [5.74, 6) is 0.642. The summed E-state index contributed by atoms with van der Waals surface area (Å²) < 4.78 is 0. The van der Waals surface area contributed by atoms with Crippen LogP contribution in [0.4, 0.5) is 0 Å². The maximum absolute atomic E-state index is 12.0. The van der Waals surface area contributed by atoms with E-state index in [2.05, 4.69) is 15.3 Å². The summed E-state index contributed by atoms with van der Waals surface area (Å²) in [7, 11) is 0. The SMILES string of the molecule is Cc1sc2nc(CNC(C)CCO)[nH]c(=O)c2c1C. The lowest BCUT2D eigenvalue weighted by molar-refractivity contribution is 0.268. The molecular weight excluding hydrogens is 262 g/mol. The Morgan fingerprint density at radius 3 is 2.89 bits per heavy atom. The molecule has 6 heteroatoms. The zero-order chi connectivity index (χ0) is 14.0. The van der Waals surface area contributed by atoms with Gasteiger partial charge in [-0.2, -0.15) is 0 Å². The minimum Gasteiger partial charge on any atom is -0.396 e. The second kappa shape index (κ2) is 5.81. The summed E-state index contributed by atoms with van der Waals surface area (Å²) in [5, 5.41) is 12.8. The summed E-state index contributed by atoms with van der Waals surface area (Å²) in [6.07, 6.45) is 0.684. The molecule has 1 unspecified atom stereocenters. The van der Waals surface area contributed by atoms with E-state index >= 15 is 0 Å². The summed E-state index contributed by atoms with van der Waals surface area (Å²) in [6.45, 7) is 6.60. The number of aromatic amines is 1. The van der Waals surface area contributed by atoms with Crippen LogP contribution in [0.5, 0.6) is 0 Å². The second-order valence-electron chi connectivity index (χ2n) is 4.77. The van der Waals surface area contributed by atoms with Gasteiger partial charge in [0.1, 0.15) is 10.7 Å². The standard InChI is InChI=1S/C13H19N3O2S/c1-7(4-5-17)14-6-10-15-12(18)11-8(2)9(3)19-13(11)16-10/h7,14,17H,4-6H2,1-3H3,(H,15,16,18). The van der Waals surface area contributed by atoms with Crippen LogP contribution in [-0.4, -0.2) is 27.7 Å². The fraction of sp³-hybridized carbons (Fsp3) is 0.538. The molecule has 2 rings (SSSR count). The molecule has 104 valence electrons. The molecule has 19 heavy (non-hydrogen) atoms. The smallest absolute Gasteiger partial charge is 0.259 e. The summed E-state index contributed by atoms with van der Waals surface area (Å²) in [4.78, 5) is 21.3. The number of nitrogens with zero attached hydrogens (tertiary/aromatic N) is 1. The van der Waals surface area contributed by atoms with E-state index in [1.165, 1.54) is 0 Å². The van der Waals surface area contributed by atoms with Crippen LogP contribution in [0.25, 0.3) is 10.2 Å². The number of H-pyrrole nitrogens is 1. The van der Waals surface area contributed by atoms with Crippen molar-refractivity contribution in [1.29, 1.82) is 0 Å². The molecule has 3 N–H and O–H groups in total. The largest absolute Gasteiger partial charge is 0.396 e. The Balaban J connectivity index is 2.24. The Morgan fingerprint density at radius 1 is 1.47 bits per heavy atom. The van der Waals surface area contributed by atoms with Crippen LogP contribution in [0.15, 0.2) is 4.79 Å². The van der Waals surface area contributed by atoms with Gasteiger partial charge in [0.25, 0.3) is 5.56 Å². The Kier molecular flexibility index (Phi) is 4.34. The highest BCUT2D eigenvalue weighted by atomic mass is 32.1. The van der Waals surface area contributed by atoms with Gasteiger partial charge in [-0.3, -0.25) is 4.79 Å². The Hall–Kier alpha value is -1.24. The maximum Gasteiger partial charge on any atom is 0.259 e. The molecule has 0 aliphatic heterocycles. The highest BCUT2D eigenvalue weighted by Gasteiger charge is 2.12. The molecule has 2 aromatic heterocycles. The first-order valence-corrected chi connectivity index (χ1v) is 7.17. The van der Waals surface area contributed by atoms with E-state index in [1.54, 1.807) is 11.3 Å². The van der Waals surface area contributed by atoms with Gasteiger partial charge in [0, 0.05) is 17.5 Å². The van der Waals surface area contributed by atoms with E-state index in [9.17, 15) is 4.79 Å². The number of nitrogens with one attached hydrogen (secondary N) is 2. The lowest BCUT2D eigenvalue weighted by Gasteiger charge is -2.11. The Morgan fingerprint density at radius 2 is 2.21 bits per heavy atom. The number of hydrogen-bond donors (Lipinski definition) is 3. The lowest BCUT2D eigenvalue weighted by atomic mass is 10.2. The van der Waals surface area contributed by atoms with Crippen LogP contribution in [-0.2, 0) is 6.54 Å². The molecule has 0 aliphatic carbocycles. The first kappa shape index (κ1) is 14.2. The van der Waals surface area contributed by atoms with Crippen molar-refractivity contribution < 1.29 is 5.11 Å². The number of aryl methyl sites for hydroxylation is 2. The van der Waals surface area contributed by atoms with Gasteiger partial charge in [0.15, 0.2) is 0 Å². The molecule has 0 saturated carbocycles. The number of hydrogen-bond acceptors (Lipinski definition) is 5. The van der Waals surface area contributed by atoms with E-state index in [4.69, 9.17) is 5.11 Å². The molecule has 0 spiro atoms. The van der Waals surface area contributed by atoms with Crippen molar-refractivity contribution >= 4 is 21.6 Å². The van der Waals surface area contributed by atoms with Crippen molar-refractivity contribution in [3.63, 3.8) is 0 Å². The first-order chi connectivity index (χ1) is 9.02. The second-order valence-corrected chi connectivity index (χ2v) is 5.97. The summed E-state index contributed by atoms with van der Waals surface area (Å²) in [5.41, 5.74) is 0.945. The Bertz CT molecular complexity index is 633.